The van der Waals surface area contributed by atoms with Crippen LogP contribution in [0.2, 0.25) is 0 Å². The van der Waals surface area contributed by atoms with E-state index < -0.39 is 36.3 Å². The van der Waals surface area contributed by atoms with Gasteiger partial charge in [0.15, 0.2) is 0 Å². The van der Waals surface area contributed by atoms with E-state index in [2.05, 4.69) is 6.92 Å². The standard InChI is InChI=1S/C32H41F5O4S/c1-29(28(40)41,18-9-19-31(33,34)32(35,36)37)17-8-6-4-3-5-7-10-26-25-16-15-24(39)20-27(25)42-21-30(26,2)22-11-13-23(38)14-12-22/h11-16,20,26,38-39H,3-10,17-19,21H2,1-2H3,(H,40,41)/t26-,29?,30-/m1/s1. The number of aliphatic carboxylic acids is 1. The van der Waals surface area contributed by atoms with Crippen LogP contribution in [0.15, 0.2) is 47.4 Å². The Morgan fingerprint density at radius 2 is 1.43 bits per heavy atom. The number of unbranched alkanes of at least 4 members (excludes halogenated alkanes) is 5. The summed E-state index contributed by atoms with van der Waals surface area (Å²) in [6.07, 6.45) is -1.51. The van der Waals surface area contributed by atoms with Crippen molar-refractivity contribution in [1.29, 1.82) is 0 Å². The molecule has 1 aliphatic heterocycles. The lowest BCUT2D eigenvalue weighted by atomic mass is 9.68. The Balaban J connectivity index is 1.48. The Morgan fingerprint density at radius 1 is 0.857 bits per heavy atom. The smallest absolute Gasteiger partial charge is 0.453 e. The number of carboxylic acid groups (broad SMARTS) is 1. The lowest BCUT2D eigenvalue weighted by Gasteiger charge is -2.43. The first kappa shape index (κ1) is 34.0. The fourth-order valence-electron chi connectivity index (χ4n) is 5.96. The van der Waals surface area contributed by atoms with Crippen molar-refractivity contribution in [2.24, 2.45) is 5.41 Å². The SMILES string of the molecule is CC(CCCCCCCC[C@@H]1c2ccc(O)cc2SC[C@]1(C)c1ccc(O)cc1)(CCCC(F)(F)C(F)(F)F)C(=O)O. The van der Waals surface area contributed by atoms with Gasteiger partial charge >= 0.3 is 18.1 Å². The average molecular weight is 617 g/mol. The van der Waals surface area contributed by atoms with E-state index in [0.717, 1.165) is 54.7 Å². The zero-order valence-corrected chi connectivity index (χ0v) is 25.0. The number of hydrogen-bond donors (Lipinski definition) is 3. The molecule has 0 radical (unpaired) electrons. The van der Waals surface area contributed by atoms with Crippen LogP contribution in [0.25, 0.3) is 0 Å². The fraction of sp³-hybridized carbons (Fsp3) is 0.594. The normalized spacial score (nSPS) is 20.6. The number of halogens is 5. The van der Waals surface area contributed by atoms with Gasteiger partial charge in [-0.25, -0.2) is 0 Å². The lowest BCUT2D eigenvalue weighted by Crippen LogP contribution is -2.37. The van der Waals surface area contributed by atoms with Gasteiger partial charge in [0.1, 0.15) is 11.5 Å². The minimum Gasteiger partial charge on any atom is -0.508 e. The molecule has 4 nitrogen and oxygen atoms in total. The second-order valence-corrected chi connectivity index (χ2v) is 13.1. The summed E-state index contributed by atoms with van der Waals surface area (Å²) in [6, 6.07) is 12.9. The number of carboxylic acids is 1. The molecule has 1 aliphatic rings. The van der Waals surface area contributed by atoms with Crippen LogP contribution >= 0.6 is 11.8 Å². The topological polar surface area (TPSA) is 77.8 Å². The number of hydrogen-bond acceptors (Lipinski definition) is 4. The first-order chi connectivity index (χ1) is 19.6. The molecule has 10 heteroatoms. The van der Waals surface area contributed by atoms with Crippen molar-refractivity contribution in [1.82, 2.24) is 0 Å². The minimum absolute atomic E-state index is 0.159. The molecule has 42 heavy (non-hydrogen) atoms. The predicted octanol–water partition coefficient (Wildman–Crippen LogP) is 9.82. The number of phenolic OH excluding ortho intramolecular Hbond substituents is 2. The Labute approximate surface area is 248 Å². The van der Waals surface area contributed by atoms with Gasteiger partial charge in [0, 0.05) is 22.5 Å². The van der Waals surface area contributed by atoms with Gasteiger partial charge in [0.05, 0.1) is 5.41 Å². The molecule has 3 atom stereocenters. The molecule has 2 aromatic rings. The van der Waals surface area contributed by atoms with Gasteiger partial charge in [-0.15, -0.1) is 11.8 Å². The number of carbonyl (C=O) groups is 1. The number of benzene rings is 2. The van der Waals surface area contributed by atoms with Crippen molar-refractivity contribution in [3.05, 3.63) is 53.6 Å². The number of rotatable bonds is 15. The van der Waals surface area contributed by atoms with Gasteiger partial charge in [-0.2, -0.15) is 22.0 Å². The third kappa shape index (κ3) is 8.32. The third-order valence-electron chi connectivity index (χ3n) is 8.82. The number of fused-ring (bicyclic) bond motifs is 1. The molecule has 1 heterocycles. The summed E-state index contributed by atoms with van der Waals surface area (Å²) in [5.74, 6) is -4.46. The molecule has 0 aliphatic carbocycles. The van der Waals surface area contributed by atoms with Crippen LogP contribution in [0, 0.1) is 5.41 Å². The summed E-state index contributed by atoms with van der Waals surface area (Å²) in [7, 11) is 0. The van der Waals surface area contributed by atoms with E-state index in [0.29, 0.717) is 6.42 Å². The van der Waals surface area contributed by atoms with Crippen molar-refractivity contribution in [3.63, 3.8) is 0 Å². The summed E-state index contributed by atoms with van der Waals surface area (Å²) in [6.45, 7) is 3.67. The van der Waals surface area contributed by atoms with Crippen LogP contribution in [0.1, 0.15) is 102 Å². The van der Waals surface area contributed by atoms with E-state index in [4.69, 9.17) is 0 Å². The van der Waals surface area contributed by atoms with E-state index in [1.54, 1.807) is 30.0 Å². The monoisotopic (exact) mass is 616 g/mol. The van der Waals surface area contributed by atoms with E-state index in [9.17, 15) is 42.1 Å². The van der Waals surface area contributed by atoms with Gasteiger partial charge in [0.2, 0.25) is 0 Å². The summed E-state index contributed by atoms with van der Waals surface area (Å²) in [4.78, 5) is 12.9. The number of thioether (sulfide) groups is 1. The zero-order chi connectivity index (χ0) is 31.2. The Morgan fingerprint density at radius 3 is 2.05 bits per heavy atom. The molecular weight excluding hydrogens is 575 g/mol. The third-order valence-corrected chi connectivity index (χ3v) is 10.2. The van der Waals surface area contributed by atoms with Crippen LogP contribution in [0.5, 0.6) is 11.5 Å². The summed E-state index contributed by atoms with van der Waals surface area (Å²) < 4.78 is 63.7. The molecule has 3 N–H and O–H groups in total. The van der Waals surface area contributed by atoms with Crippen LogP contribution < -0.4 is 0 Å². The summed E-state index contributed by atoms with van der Waals surface area (Å²) >= 11 is 1.72. The lowest BCUT2D eigenvalue weighted by molar-refractivity contribution is -0.284. The van der Waals surface area contributed by atoms with E-state index in [-0.39, 0.29) is 35.7 Å². The summed E-state index contributed by atoms with van der Waals surface area (Å²) in [5, 5.41) is 29.4. The Kier molecular flexibility index (Phi) is 11.2. The quantitative estimate of drug-likeness (QED) is 0.137. The maximum atomic E-state index is 13.2. The zero-order valence-electron chi connectivity index (χ0n) is 24.2. The van der Waals surface area contributed by atoms with Crippen molar-refractivity contribution in [2.75, 3.05) is 5.75 Å². The van der Waals surface area contributed by atoms with E-state index >= 15 is 0 Å². The molecule has 234 valence electrons. The first-order valence-corrected chi connectivity index (χ1v) is 15.5. The molecular formula is C32H41F5O4S. The largest absolute Gasteiger partial charge is 0.508 e. The molecule has 2 aromatic carbocycles. The first-order valence-electron chi connectivity index (χ1n) is 14.5. The molecule has 0 bridgehead atoms. The Bertz CT molecular complexity index is 1190. The molecule has 0 fully saturated rings. The predicted molar refractivity (Wildman–Crippen MR) is 155 cm³/mol. The maximum absolute atomic E-state index is 13.2. The van der Waals surface area contributed by atoms with Crippen LogP contribution in [-0.2, 0) is 10.2 Å². The van der Waals surface area contributed by atoms with Crippen LogP contribution in [0.3, 0.4) is 0 Å². The maximum Gasteiger partial charge on any atom is 0.453 e. The number of alkyl halides is 5. The van der Waals surface area contributed by atoms with E-state index in [1.807, 2.05) is 24.3 Å². The van der Waals surface area contributed by atoms with Crippen LogP contribution in [0.4, 0.5) is 22.0 Å². The van der Waals surface area contributed by atoms with Crippen molar-refractivity contribution < 1.29 is 42.1 Å². The van der Waals surface area contributed by atoms with Gasteiger partial charge in [-0.3, -0.25) is 4.79 Å². The second-order valence-electron chi connectivity index (χ2n) is 12.1. The number of phenols is 2. The highest BCUT2D eigenvalue weighted by Gasteiger charge is 2.56. The van der Waals surface area contributed by atoms with Gasteiger partial charge in [-0.05, 0) is 73.9 Å². The highest BCUT2D eigenvalue weighted by molar-refractivity contribution is 7.99. The van der Waals surface area contributed by atoms with Crippen molar-refractivity contribution in [3.8, 4) is 11.5 Å². The summed E-state index contributed by atoms with van der Waals surface area (Å²) in [5.41, 5.74) is 0.871. The molecule has 0 saturated carbocycles. The molecule has 0 spiro atoms. The van der Waals surface area contributed by atoms with E-state index in [1.165, 1.54) is 12.5 Å². The van der Waals surface area contributed by atoms with Crippen molar-refractivity contribution in [2.45, 2.75) is 113 Å². The van der Waals surface area contributed by atoms with Crippen LogP contribution in [-0.4, -0.2) is 39.1 Å². The highest BCUT2D eigenvalue weighted by atomic mass is 32.2. The highest BCUT2D eigenvalue weighted by Crippen LogP contribution is 2.52. The molecule has 0 saturated heterocycles. The van der Waals surface area contributed by atoms with Gasteiger partial charge in [-0.1, -0.05) is 63.6 Å². The molecule has 0 aromatic heterocycles. The molecule has 3 rings (SSSR count). The average Bonchev–Trinajstić information content (AvgIpc) is 2.90. The fourth-order valence-corrected chi connectivity index (χ4v) is 7.36. The van der Waals surface area contributed by atoms with Gasteiger partial charge < -0.3 is 15.3 Å². The molecule has 0 amide bonds. The minimum atomic E-state index is -5.63. The second kappa shape index (κ2) is 13.9. The number of aromatic hydroxyl groups is 2. The van der Waals surface area contributed by atoms with Crippen molar-refractivity contribution >= 4 is 17.7 Å². The Hall–Kier alpha value is -2.49. The molecule has 1 unspecified atom stereocenters. The van der Waals surface area contributed by atoms with Gasteiger partial charge in [0.25, 0.3) is 0 Å².